The summed E-state index contributed by atoms with van der Waals surface area (Å²) in [5.74, 6) is -1.09. The standard InChI is InChI=1S/C36H42ClN5O5S/c1-3-4-5-6-7-8-9-10-11-15-24-47-35(45)27-20-23-30(37)31(25-27)38-34(44)33(32(43)26-18-21-29(46-2)22-19-26)48-36-39-40-41-42(36)28-16-13-12-14-17-28/h12-14,16-23,25,33H,3-11,15,24H2,1-2H3,(H,38,44). The number of unbranched alkanes of at least 4 members (excludes halogenated alkanes) is 9. The molecular weight excluding hydrogens is 650 g/mol. The number of carbonyl (C=O) groups excluding carboxylic acids is 3. The van der Waals surface area contributed by atoms with Gasteiger partial charge < -0.3 is 14.8 Å². The van der Waals surface area contributed by atoms with Crippen molar-refractivity contribution in [3.8, 4) is 11.4 Å². The van der Waals surface area contributed by atoms with E-state index in [1.165, 1.54) is 68.9 Å². The highest BCUT2D eigenvalue weighted by Gasteiger charge is 2.32. The minimum Gasteiger partial charge on any atom is -0.497 e. The molecule has 3 aromatic carbocycles. The summed E-state index contributed by atoms with van der Waals surface area (Å²) in [7, 11) is 1.53. The molecule has 254 valence electrons. The smallest absolute Gasteiger partial charge is 0.338 e. The molecule has 0 aliphatic rings. The normalized spacial score (nSPS) is 11.6. The van der Waals surface area contributed by atoms with Gasteiger partial charge in [0.1, 0.15) is 5.75 Å². The first kappa shape index (κ1) is 36.6. The number of para-hydroxylation sites is 1. The van der Waals surface area contributed by atoms with E-state index >= 15 is 0 Å². The maximum Gasteiger partial charge on any atom is 0.338 e. The molecule has 1 aromatic heterocycles. The Kier molecular flexibility index (Phi) is 14.9. The molecule has 1 heterocycles. The lowest BCUT2D eigenvalue weighted by Gasteiger charge is -2.17. The van der Waals surface area contributed by atoms with Crippen LogP contribution in [-0.4, -0.2) is 56.8 Å². The van der Waals surface area contributed by atoms with Gasteiger partial charge in [-0.05, 0) is 71.4 Å². The maximum absolute atomic E-state index is 13.8. The van der Waals surface area contributed by atoms with Crippen LogP contribution in [0.15, 0.2) is 78.0 Å². The summed E-state index contributed by atoms with van der Waals surface area (Å²) >= 11 is 7.34. The predicted octanol–water partition coefficient (Wildman–Crippen LogP) is 8.38. The Morgan fingerprint density at radius 1 is 0.854 bits per heavy atom. The number of carbonyl (C=O) groups is 3. The highest BCUT2D eigenvalue weighted by atomic mass is 35.5. The second-order valence-corrected chi connectivity index (χ2v) is 12.8. The zero-order valence-electron chi connectivity index (χ0n) is 27.4. The third kappa shape index (κ3) is 10.9. The molecule has 1 amide bonds. The number of hydrogen-bond acceptors (Lipinski definition) is 9. The summed E-state index contributed by atoms with van der Waals surface area (Å²) in [6.45, 7) is 2.54. The monoisotopic (exact) mass is 691 g/mol. The molecule has 0 bridgehead atoms. The third-order valence-corrected chi connectivity index (χ3v) is 9.17. The van der Waals surface area contributed by atoms with Crippen LogP contribution in [-0.2, 0) is 9.53 Å². The van der Waals surface area contributed by atoms with Gasteiger partial charge in [0.15, 0.2) is 11.0 Å². The first-order valence-corrected chi connectivity index (χ1v) is 17.6. The number of esters is 1. The summed E-state index contributed by atoms with van der Waals surface area (Å²) < 4.78 is 12.2. The van der Waals surface area contributed by atoms with E-state index in [1.54, 1.807) is 30.3 Å². The topological polar surface area (TPSA) is 125 Å². The number of Topliss-reactive ketones (excluding diaryl/α,β-unsaturated/α-hetero) is 1. The molecule has 0 spiro atoms. The fourth-order valence-electron chi connectivity index (χ4n) is 5.01. The number of ketones is 1. The van der Waals surface area contributed by atoms with E-state index < -0.39 is 22.9 Å². The molecule has 1 atom stereocenters. The van der Waals surface area contributed by atoms with Crippen molar-refractivity contribution in [3.05, 3.63) is 88.9 Å². The van der Waals surface area contributed by atoms with E-state index in [9.17, 15) is 14.4 Å². The molecule has 0 fully saturated rings. The molecule has 4 rings (SSSR count). The van der Waals surface area contributed by atoms with Crippen molar-refractivity contribution < 1.29 is 23.9 Å². The predicted molar refractivity (Wildman–Crippen MR) is 188 cm³/mol. The van der Waals surface area contributed by atoms with E-state index in [0.29, 0.717) is 18.0 Å². The first-order chi connectivity index (χ1) is 23.4. The zero-order valence-corrected chi connectivity index (χ0v) is 29.0. The highest BCUT2D eigenvalue weighted by molar-refractivity contribution is 8.01. The summed E-state index contributed by atoms with van der Waals surface area (Å²) in [5.41, 5.74) is 1.36. The number of thioether (sulfide) groups is 1. The molecule has 1 unspecified atom stereocenters. The molecular formula is C36H42ClN5O5S. The molecule has 4 aromatic rings. The van der Waals surface area contributed by atoms with Crippen LogP contribution in [0.4, 0.5) is 5.69 Å². The first-order valence-electron chi connectivity index (χ1n) is 16.4. The summed E-state index contributed by atoms with van der Waals surface area (Å²) in [4.78, 5) is 40.4. The van der Waals surface area contributed by atoms with Crippen LogP contribution in [0.5, 0.6) is 5.75 Å². The van der Waals surface area contributed by atoms with E-state index in [2.05, 4.69) is 27.8 Å². The Balaban J connectivity index is 1.41. The van der Waals surface area contributed by atoms with Gasteiger partial charge in [-0.25, -0.2) is 4.79 Å². The largest absolute Gasteiger partial charge is 0.497 e. The second-order valence-electron chi connectivity index (χ2n) is 11.3. The number of aromatic nitrogens is 4. The van der Waals surface area contributed by atoms with E-state index in [4.69, 9.17) is 21.1 Å². The maximum atomic E-state index is 13.8. The van der Waals surface area contributed by atoms with Gasteiger partial charge >= 0.3 is 5.97 Å². The van der Waals surface area contributed by atoms with E-state index in [1.807, 2.05) is 30.3 Å². The van der Waals surface area contributed by atoms with Crippen LogP contribution in [0.1, 0.15) is 91.8 Å². The number of anilines is 1. The van der Waals surface area contributed by atoms with Gasteiger partial charge in [-0.3, -0.25) is 9.59 Å². The van der Waals surface area contributed by atoms with Crippen LogP contribution in [0.25, 0.3) is 5.69 Å². The third-order valence-electron chi connectivity index (χ3n) is 7.71. The summed E-state index contributed by atoms with van der Waals surface area (Å²) in [6, 6.07) is 20.1. The molecule has 0 aliphatic heterocycles. The van der Waals surface area contributed by atoms with Gasteiger partial charge in [-0.15, -0.1) is 5.10 Å². The fourth-order valence-corrected chi connectivity index (χ4v) is 6.12. The second kappa shape index (κ2) is 19.6. The Bertz CT molecular complexity index is 1620. The van der Waals surface area contributed by atoms with Crippen LogP contribution < -0.4 is 10.1 Å². The fraction of sp³-hybridized carbons (Fsp3) is 0.389. The van der Waals surface area contributed by atoms with Crippen molar-refractivity contribution >= 4 is 46.7 Å². The SMILES string of the molecule is CCCCCCCCCCCCOC(=O)c1ccc(Cl)c(NC(=O)C(Sc2nnnn2-c2ccccc2)C(=O)c2ccc(OC)cc2)c1. The lowest BCUT2D eigenvalue weighted by atomic mass is 10.1. The van der Waals surface area contributed by atoms with Crippen molar-refractivity contribution in [1.82, 2.24) is 20.2 Å². The minimum atomic E-state index is -1.31. The van der Waals surface area contributed by atoms with Gasteiger partial charge in [0.25, 0.3) is 0 Å². The molecule has 0 radical (unpaired) electrons. The zero-order chi connectivity index (χ0) is 34.1. The Morgan fingerprint density at radius 3 is 2.17 bits per heavy atom. The number of rotatable bonds is 20. The minimum absolute atomic E-state index is 0.172. The number of hydrogen-bond donors (Lipinski definition) is 1. The van der Waals surface area contributed by atoms with Gasteiger partial charge in [-0.2, -0.15) is 4.68 Å². The molecule has 0 saturated carbocycles. The average Bonchev–Trinajstić information content (AvgIpc) is 3.59. The highest BCUT2D eigenvalue weighted by Crippen LogP contribution is 2.30. The van der Waals surface area contributed by atoms with Crippen LogP contribution in [0, 0.1) is 0 Å². The quantitative estimate of drug-likeness (QED) is 0.0320. The van der Waals surface area contributed by atoms with Crippen molar-refractivity contribution in [3.63, 3.8) is 0 Å². The number of nitrogens with zero attached hydrogens (tertiary/aromatic N) is 4. The number of ether oxygens (including phenoxy) is 2. The number of amides is 1. The van der Waals surface area contributed by atoms with Crippen LogP contribution in [0.2, 0.25) is 5.02 Å². The summed E-state index contributed by atoms with van der Waals surface area (Å²) in [6.07, 6.45) is 11.8. The van der Waals surface area contributed by atoms with E-state index in [-0.39, 0.29) is 27.0 Å². The van der Waals surface area contributed by atoms with Crippen molar-refractivity contribution in [1.29, 1.82) is 0 Å². The Labute approximate surface area is 290 Å². The summed E-state index contributed by atoms with van der Waals surface area (Å²) in [5, 5.41) is 13.8. The number of methoxy groups -OCH3 is 1. The van der Waals surface area contributed by atoms with Gasteiger partial charge in [-0.1, -0.05) is 106 Å². The van der Waals surface area contributed by atoms with Gasteiger partial charge in [0, 0.05) is 5.56 Å². The Hall–Kier alpha value is -4.22. The van der Waals surface area contributed by atoms with Crippen molar-refractivity contribution in [2.45, 2.75) is 81.5 Å². The molecule has 0 aliphatic carbocycles. The molecule has 48 heavy (non-hydrogen) atoms. The molecule has 1 N–H and O–H groups in total. The van der Waals surface area contributed by atoms with Gasteiger partial charge in [0.05, 0.1) is 35.7 Å². The van der Waals surface area contributed by atoms with E-state index in [0.717, 1.165) is 31.0 Å². The lowest BCUT2D eigenvalue weighted by molar-refractivity contribution is -0.115. The molecule has 12 heteroatoms. The van der Waals surface area contributed by atoms with Crippen molar-refractivity contribution in [2.24, 2.45) is 0 Å². The number of benzene rings is 3. The van der Waals surface area contributed by atoms with Crippen LogP contribution >= 0.6 is 23.4 Å². The number of tetrazole rings is 1. The average molecular weight is 692 g/mol. The number of nitrogens with one attached hydrogen (secondary N) is 1. The molecule has 10 nitrogen and oxygen atoms in total. The van der Waals surface area contributed by atoms with Crippen molar-refractivity contribution in [2.75, 3.05) is 19.0 Å². The Morgan fingerprint density at radius 2 is 1.50 bits per heavy atom. The number of halogens is 1. The van der Waals surface area contributed by atoms with Crippen LogP contribution in [0.3, 0.4) is 0 Å². The van der Waals surface area contributed by atoms with Gasteiger partial charge in [0.2, 0.25) is 11.1 Å². The molecule has 0 saturated heterocycles. The lowest BCUT2D eigenvalue weighted by Crippen LogP contribution is -2.33.